The summed E-state index contributed by atoms with van der Waals surface area (Å²) < 4.78 is 5.14. The topological polar surface area (TPSA) is 66.6 Å². The molecule has 5 nitrogen and oxygen atoms in total. The van der Waals surface area contributed by atoms with E-state index in [0.717, 1.165) is 48.5 Å². The first-order valence-electron chi connectivity index (χ1n) is 7.55. The van der Waals surface area contributed by atoms with Crippen molar-refractivity contribution >= 4 is 17.7 Å². The Labute approximate surface area is 129 Å². The quantitative estimate of drug-likeness (QED) is 0.922. The van der Waals surface area contributed by atoms with Crippen LogP contribution in [0.1, 0.15) is 42.7 Å². The van der Waals surface area contributed by atoms with Crippen LogP contribution in [-0.2, 0) is 10.5 Å². The molecule has 2 atom stereocenters. The smallest absolute Gasteiger partial charge is 0.233 e. The van der Waals surface area contributed by atoms with Crippen molar-refractivity contribution in [3.63, 3.8) is 0 Å². The summed E-state index contributed by atoms with van der Waals surface area (Å²) >= 11 is 1.62. The highest BCUT2D eigenvalue weighted by atomic mass is 32.2. The van der Waals surface area contributed by atoms with Crippen LogP contribution in [0.25, 0.3) is 0 Å². The lowest BCUT2D eigenvalue weighted by atomic mass is 10.00. The van der Waals surface area contributed by atoms with Gasteiger partial charge in [-0.1, -0.05) is 5.16 Å². The van der Waals surface area contributed by atoms with Gasteiger partial charge in [0.25, 0.3) is 0 Å². The van der Waals surface area contributed by atoms with Crippen molar-refractivity contribution in [2.24, 2.45) is 0 Å². The molecule has 0 aromatic carbocycles. The maximum Gasteiger partial charge on any atom is 0.233 e. The van der Waals surface area contributed by atoms with Crippen molar-refractivity contribution in [1.82, 2.24) is 10.1 Å². The molecule has 6 heteroatoms. The van der Waals surface area contributed by atoms with E-state index in [-0.39, 0.29) is 24.1 Å². The molecule has 116 valence electrons. The fourth-order valence-corrected chi connectivity index (χ4v) is 4.62. The van der Waals surface area contributed by atoms with Crippen molar-refractivity contribution in [2.75, 3.05) is 5.75 Å². The zero-order chi connectivity index (χ0) is 15.0. The maximum absolute atomic E-state index is 12.4. The van der Waals surface area contributed by atoms with Gasteiger partial charge in [-0.3, -0.25) is 4.79 Å². The molecule has 1 aromatic heterocycles. The number of rotatable bonds is 4. The van der Waals surface area contributed by atoms with E-state index in [2.05, 4.69) is 5.16 Å². The number of aromatic nitrogens is 1. The van der Waals surface area contributed by atoms with E-state index in [9.17, 15) is 9.90 Å². The normalized spacial score (nSPS) is 28.1. The number of carbonyl (C=O) groups is 1. The Kier molecular flexibility index (Phi) is 4.26. The number of piperidine rings is 1. The lowest BCUT2D eigenvalue weighted by Crippen LogP contribution is -2.48. The van der Waals surface area contributed by atoms with Crippen LogP contribution < -0.4 is 0 Å². The molecule has 3 heterocycles. The molecule has 1 N–H and O–H groups in total. The second-order valence-electron chi connectivity index (χ2n) is 6.11. The van der Waals surface area contributed by atoms with Crippen molar-refractivity contribution in [2.45, 2.75) is 63.5 Å². The molecule has 2 unspecified atom stereocenters. The number of aliphatic hydroxyl groups excluding tert-OH is 1. The Balaban J connectivity index is 1.53. The van der Waals surface area contributed by atoms with Crippen LogP contribution in [0.3, 0.4) is 0 Å². The van der Waals surface area contributed by atoms with Gasteiger partial charge in [0.15, 0.2) is 0 Å². The number of hydrogen-bond donors (Lipinski definition) is 1. The van der Waals surface area contributed by atoms with Gasteiger partial charge >= 0.3 is 0 Å². The number of carbonyl (C=O) groups excluding carboxylic acids is 1. The minimum absolute atomic E-state index is 0.214. The Morgan fingerprint density at radius 1 is 1.38 bits per heavy atom. The second-order valence-corrected chi connectivity index (χ2v) is 7.09. The van der Waals surface area contributed by atoms with Gasteiger partial charge in [0.05, 0.1) is 17.6 Å². The molecule has 0 spiro atoms. The molecule has 1 aromatic rings. The molecule has 2 bridgehead atoms. The summed E-state index contributed by atoms with van der Waals surface area (Å²) in [6.07, 6.45) is 3.36. The van der Waals surface area contributed by atoms with Crippen LogP contribution in [0, 0.1) is 13.8 Å². The monoisotopic (exact) mass is 310 g/mol. The van der Waals surface area contributed by atoms with E-state index in [1.807, 2.05) is 18.7 Å². The summed E-state index contributed by atoms with van der Waals surface area (Å²) in [5.74, 6) is 2.31. The SMILES string of the molecule is Cc1noc(C)c1CSCC(=O)N1C2CCC1CC(O)C2. The third-order valence-corrected chi connectivity index (χ3v) is 5.59. The molecular formula is C15H22N2O3S. The van der Waals surface area contributed by atoms with E-state index in [1.54, 1.807) is 11.8 Å². The van der Waals surface area contributed by atoms with Crippen LogP contribution in [0.5, 0.6) is 0 Å². The van der Waals surface area contributed by atoms with Crippen molar-refractivity contribution in [3.8, 4) is 0 Å². The highest BCUT2D eigenvalue weighted by Crippen LogP contribution is 2.36. The highest BCUT2D eigenvalue weighted by molar-refractivity contribution is 7.99. The van der Waals surface area contributed by atoms with Gasteiger partial charge < -0.3 is 14.5 Å². The zero-order valence-electron chi connectivity index (χ0n) is 12.5. The third kappa shape index (κ3) is 2.97. The Hall–Kier alpha value is -1.01. The van der Waals surface area contributed by atoms with Gasteiger partial charge in [0, 0.05) is 23.4 Å². The van der Waals surface area contributed by atoms with E-state index in [0.29, 0.717) is 5.75 Å². The molecule has 2 aliphatic rings. The average Bonchev–Trinajstić information content (AvgIpc) is 2.89. The first kappa shape index (κ1) is 14.9. The summed E-state index contributed by atoms with van der Waals surface area (Å²) in [6.45, 7) is 3.84. The van der Waals surface area contributed by atoms with Crippen molar-refractivity contribution < 1.29 is 14.4 Å². The molecule has 0 radical (unpaired) electrons. The Morgan fingerprint density at radius 2 is 2.05 bits per heavy atom. The minimum atomic E-state index is -0.221. The van der Waals surface area contributed by atoms with Gasteiger partial charge in [0.1, 0.15) is 5.76 Å². The number of aliphatic hydroxyl groups is 1. The lowest BCUT2D eigenvalue weighted by molar-refractivity contribution is -0.134. The van der Waals surface area contributed by atoms with Gasteiger partial charge in [-0.2, -0.15) is 0 Å². The van der Waals surface area contributed by atoms with E-state index in [1.165, 1.54) is 0 Å². The van der Waals surface area contributed by atoms with Crippen molar-refractivity contribution in [1.29, 1.82) is 0 Å². The lowest BCUT2D eigenvalue weighted by Gasteiger charge is -2.37. The standard InChI is InChI=1S/C15H22N2O3S/c1-9-14(10(2)20-16-9)7-21-8-15(19)17-11-3-4-12(17)6-13(18)5-11/h11-13,18H,3-8H2,1-2H3. The molecule has 21 heavy (non-hydrogen) atoms. The predicted octanol–water partition coefficient (Wildman–Crippen LogP) is 2.04. The second kappa shape index (κ2) is 6.01. The number of amides is 1. The number of thioether (sulfide) groups is 1. The van der Waals surface area contributed by atoms with Crippen molar-refractivity contribution in [3.05, 3.63) is 17.0 Å². The number of nitrogens with zero attached hydrogens (tertiary/aromatic N) is 2. The Morgan fingerprint density at radius 3 is 2.62 bits per heavy atom. The Bertz CT molecular complexity index is 497. The molecule has 0 aliphatic carbocycles. The van der Waals surface area contributed by atoms with Crippen LogP contribution in [0.15, 0.2) is 4.52 Å². The molecule has 1 amide bonds. The summed E-state index contributed by atoms with van der Waals surface area (Å²) in [5, 5.41) is 13.7. The summed E-state index contributed by atoms with van der Waals surface area (Å²) in [7, 11) is 0. The van der Waals surface area contributed by atoms with E-state index >= 15 is 0 Å². The van der Waals surface area contributed by atoms with E-state index < -0.39 is 0 Å². The summed E-state index contributed by atoms with van der Waals surface area (Å²) in [5.41, 5.74) is 2.01. The molecule has 0 saturated carbocycles. The molecule has 2 fully saturated rings. The number of hydrogen-bond acceptors (Lipinski definition) is 5. The van der Waals surface area contributed by atoms with Crippen LogP contribution in [0.2, 0.25) is 0 Å². The van der Waals surface area contributed by atoms with Crippen LogP contribution in [0.4, 0.5) is 0 Å². The first-order chi connectivity index (χ1) is 10.1. The van der Waals surface area contributed by atoms with Gasteiger partial charge in [0.2, 0.25) is 5.91 Å². The molecule has 2 saturated heterocycles. The van der Waals surface area contributed by atoms with Gasteiger partial charge in [-0.25, -0.2) is 0 Å². The highest BCUT2D eigenvalue weighted by Gasteiger charge is 2.42. The summed E-state index contributed by atoms with van der Waals surface area (Å²) in [6, 6.07) is 0.511. The first-order valence-corrected chi connectivity index (χ1v) is 8.70. The molecule has 2 aliphatic heterocycles. The molecule has 3 rings (SSSR count). The fraction of sp³-hybridized carbons (Fsp3) is 0.733. The largest absolute Gasteiger partial charge is 0.393 e. The summed E-state index contributed by atoms with van der Waals surface area (Å²) in [4.78, 5) is 14.5. The zero-order valence-corrected chi connectivity index (χ0v) is 13.4. The van der Waals surface area contributed by atoms with Gasteiger partial charge in [-0.05, 0) is 39.5 Å². The fourth-order valence-electron chi connectivity index (χ4n) is 3.58. The average molecular weight is 310 g/mol. The van der Waals surface area contributed by atoms with E-state index in [4.69, 9.17) is 4.52 Å². The third-order valence-electron chi connectivity index (χ3n) is 4.65. The van der Waals surface area contributed by atoms with Gasteiger partial charge in [-0.15, -0.1) is 11.8 Å². The number of aryl methyl sites for hydroxylation is 2. The maximum atomic E-state index is 12.4. The minimum Gasteiger partial charge on any atom is -0.393 e. The van der Waals surface area contributed by atoms with Crippen LogP contribution >= 0.6 is 11.8 Å². The molecular weight excluding hydrogens is 288 g/mol. The number of fused-ring (bicyclic) bond motifs is 2. The predicted molar refractivity (Wildman–Crippen MR) is 81.0 cm³/mol. The van der Waals surface area contributed by atoms with Crippen LogP contribution in [-0.4, -0.2) is 45.0 Å².